The van der Waals surface area contributed by atoms with E-state index in [9.17, 15) is 0 Å². The highest BCUT2D eigenvalue weighted by Crippen LogP contribution is 2.30. The first kappa shape index (κ1) is 15.5. The summed E-state index contributed by atoms with van der Waals surface area (Å²) in [5.74, 6) is 0. The van der Waals surface area contributed by atoms with E-state index in [1.165, 1.54) is 16.9 Å². The van der Waals surface area contributed by atoms with Gasteiger partial charge in [0.05, 0.1) is 6.20 Å². The maximum atomic E-state index is 5.93. The van der Waals surface area contributed by atoms with E-state index in [2.05, 4.69) is 61.4 Å². The van der Waals surface area contributed by atoms with Crippen LogP contribution >= 0.6 is 22.9 Å². The molecule has 108 valence electrons. The van der Waals surface area contributed by atoms with Crippen LogP contribution in [0.2, 0.25) is 4.34 Å². The van der Waals surface area contributed by atoms with Crippen LogP contribution in [-0.2, 0) is 6.54 Å². The number of aromatic nitrogens is 1. The highest BCUT2D eigenvalue weighted by molar-refractivity contribution is 7.15. The van der Waals surface area contributed by atoms with Gasteiger partial charge in [0.1, 0.15) is 9.34 Å². The van der Waals surface area contributed by atoms with E-state index in [0.717, 1.165) is 22.3 Å². The van der Waals surface area contributed by atoms with E-state index in [-0.39, 0.29) is 5.41 Å². The molecule has 0 amide bonds. The predicted octanol–water partition coefficient (Wildman–Crippen LogP) is 5.06. The molecule has 0 aliphatic rings. The number of hydrogen-bond acceptors (Lipinski definition) is 3. The summed E-state index contributed by atoms with van der Waals surface area (Å²) in [6, 6.07) is 10.9. The second-order valence-electron chi connectivity index (χ2n) is 6.17. The molecule has 1 N–H and O–H groups in total. The minimum atomic E-state index is 0.272. The molecule has 0 aliphatic heterocycles. The number of nitrogens with zero attached hydrogens (tertiary/aromatic N) is 1. The van der Waals surface area contributed by atoms with Crippen molar-refractivity contribution < 1.29 is 0 Å². The van der Waals surface area contributed by atoms with Crippen LogP contribution in [0.5, 0.6) is 0 Å². The molecule has 2 rings (SSSR count). The van der Waals surface area contributed by atoms with E-state index in [4.69, 9.17) is 11.6 Å². The normalized spacial score (nSPS) is 13.4. The number of benzene rings is 1. The largest absolute Gasteiger partial charge is 0.304 e. The fourth-order valence-corrected chi connectivity index (χ4v) is 3.09. The van der Waals surface area contributed by atoms with Crippen molar-refractivity contribution >= 4 is 22.9 Å². The first-order valence-corrected chi connectivity index (χ1v) is 8.02. The van der Waals surface area contributed by atoms with Crippen molar-refractivity contribution in [2.75, 3.05) is 0 Å². The van der Waals surface area contributed by atoms with Crippen LogP contribution in [0, 0.1) is 5.41 Å². The van der Waals surface area contributed by atoms with Crippen molar-refractivity contribution in [3.8, 4) is 0 Å². The first-order chi connectivity index (χ1) is 9.44. The number of halogens is 1. The molecule has 4 heteroatoms. The Hall–Kier alpha value is -0.900. The molecule has 0 saturated heterocycles. The molecular formula is C16H21ClN2S. The number of thiazole rings is 1. The first-order valence-electron chi connectivity index (χ1n) is 6.82. The summed E-state index contributed by atoms with van der Waals surface area (Å²) in [7, 11) is 0. The maximum absolute atomic E-state index is 5.93. The molecule has 1 aromatic heterocycles. The van der Waals surface area contributed by atoms with Gasteiger partial charge >= 0.3 is 0 Å². The molecule has 1 aromatic carbocycles. The SMILES string of the molecule is CC(C)(C)CC(NCc1ncc(Cl)s1)c1ccccc1. The fraction of sp³-hybridized carbons (Fsp3) is 0.438. The highest BCUT2D eigenvalue weighted by atomic mass is 35.5. The minimum absolute atomic E-state index is 0.272. The van der Waals surface area contributed by atoms with Crippen molar-refractivity contribution in [2.45, 2.75) is 39.8 Å². The van der Waals surface area contributed by atoms with E-state index >= 15 is 0 Å². The van der Waals surface area contributed by atoms with Crippen molar-refractivity contribution in [1.82, 2.24) is 10.3 Å². The van der Waals surface area contributed by atoms with Crippen molar-refractivity contribution in [2.24, 2.45) is 5.41 Å². The number of nitrogens with one attached hydrogen (secondary N) is 1. The van der Waals surface area contributed by atoms with E-state index < -0.39 is 0 Å². The van der Waals surface area contributed by atoms with Gasteiger partial charge in [0.15, 0.2) is 0 Å². The summed E-state index contributed by atoms with van der Waals surface area (Å²) in [6.45, 7) is 7.56. The van der Waals surface area contributed by atoms with E-state index in [1.807, 2.05) is 0 Å². The van der Waals surface area contributed by atoms with Crippen LogP contribution in [0.3, 0.4) is 0 Å². The monoisotopic (exact) mass is 308 g/mol. The zero-order chi connectivity index (χ0) is 14.6. The number of hydrogen-bond donors (Lipinski definition) is 1. The zero-order valence-corrected chi connectivity index (χ0v) is 13.8. The van der Waals surface area contributed by atoms with Crippen LogP contribution in [0.4, 0.5) is 0 Å². The summed E-state index contributed by atoms with van der Waals surface area (Å²) in [5.41, 5.74) is 1.60. The standard InChI is InChI=1S/C16H21ClN2S/c1-16(2,3)9-13(12-7-5-4-6-8-12)18-11-15-19-10-14(17)20-15/h4-8,10,13,18H,9,11H2,1-3H3. The van der Waals surface area contributed by atoms with Gasteiger partial charge < -0.3 is 5.32 Å². The molecule has 0 saturated carbocycles. The summed E-state index contributed by atoms with van der Waals surface area (Å²) < 4.78 is 0.744. The molecule has 1 unspecified atom stereocenters. The topological polar surface area (TPSA) is 24.9 Å². The molecule has 0 spiro atoms. The molecule has 1 heterocycles. The predicted molar refractivity (Wildman–Crippen MR) is 87.2 cm³/mol. The van der Waals surface area contributed by atoms with Gasteiger partial charge in [0.2, 0.25) is 0 Å². The molecule has 0 fully saturated rings. The van der Waals surface area contributed by atoms with Crippen molar-refractivity contribution in [3.05, 3.63) is 51.4 Å². The van der Waals surface area contributed by atoms with Gasteiger partial charge in [0, 0.05) is 12.6 Å². The minimum Gasteiger partial charge on any atom is -0.304 e. The van der Waals surface area contributed by atoms with Gasteiger partial charge in [-0.3, -0.25) is 0 Å². The van der Waals surface area contributed by atoms with Crippen LogP contribution in [0.1, 0.15) is 43.8 Å². The fourth-order valence-electron chi connectivity index (χ4n) is 2.19. The van der Waals surface area contributed by atoms with Gasteiger partial charge in [-0.05, 0) is 17.4 Å². The quantitative estimate of drug-likeness (QED) is 0.834. The van der Waals surface area contributed by atoms with Crippen LogP contribution in [0.25, 0.3) is 0 Å². The second-order valence-corrected chi connectivity index (χ2v) is 7.91. The Balaban J connectivity index is 2.07. The third-order valence-electron chi connectivity index (χ3n) is 3.04. The molecule has 0 radical (unpaired) electrons. The lowest BCUT2D eigenvalue weighted by molar-refractivity contribution is 0.310. The maximum Gasteiger partial charge on any atom is 0.113 e. The lowest BCUT2D eigenvalue weighted by Crippen LogP contribution is -2.25. The summed E-state index contributed by atoms with van der Waals surface area (Å²) in [6.07, 6.45) is 2.79. The van der Waals surface area contributed by atoms with Gasteiger partial charge in [-0.15, -0.1) is 11.3 Å². The molecule has 0 bridgehead atoms. The van der Waals surface area contributed by atoms with E-state index in [0.29, 0.717) is 6.04 Å². The Bertz CT molecular complexity index is 531. The van der Waals surface area contributed by atoms with Crippen LogP contribution in [-0.4, -0.2) is 4.98 Å². The third-order valence-corrected chi connectivity index (χ3v) is 4.16. The Morgan fingerprint density at radius 3 is 2.50 bits per heavy atom. The Labute approximate surface area is 130 Å². The average Bonchev–Trinajstić information content (AvgIpc) is 2.80. The molecule has 2 nitrogen and oxygen atoms in total. The molecule has 0 aliphatic carbocycles. The van der Waals surface area contributed by atoms with Crippen molar-refractivity contribution in [1.29, 1.82) is 0 Å². The lowest BCUT2D eigenvalue weighted by Gasteiger charge is -2.27. The van der Waals surface area contributed by atoms with Gasteiger partial charge in [0.25, 0.3) is 0 Å². The molecular weight excluding hydrogens is 288 g/mol. The Morgan fingerprint density at radius 1 is 1.25 bits per heavy atom. The Morgan fingerprint density at radius 2 is 1.95 bits per heavy atom. The van der Waals surface area contributed by atoms with Gasteiger partial charge in [-0.1, -0.05) is 62.7 Å². The molecule has 2 aromatic rings. The summed E-state index contributed by atoms with van der Waals surface area (Å²) in [4.78, 5) is 4.30. The van der Waals surface area contributed by atoms with Crippen molar-refractivity contribution in [3.63, 3.8) is 0 Å². The average molecular weight is 309 g/mol. The summed E-state index contributed by atoms with van der Waals surface area (Å²) in [5, 5.41) is 4.64. The van der Waals surface area contributed by atoms with Crippen LogP contribution in [0.15, 0.2) is 36.5 Å². The van der Waals surface area contributed by atoms with E-state index in [1.54, 1.807) is 6.20 Å². The van der Waals surface area contributed by atoms with Crippen LogP contribution < -0.4 is 5.32 Å². The zero-order valence-electron chi connectivity index (χ0n) is 12.2. The second kappa shape index (κ2) is 6.70. The smallest absolute Gasteiger partial charge is 0.113 e. The number of rotatable bonds is 5. The van der Waals surface area contributed by atoms with Gasteiger partial charge in [-0.25, -0.2) is 4.98 Å². The molecule has 1 atom stereocenters. The highest BCUT2D eigenvalue weighted by Gasteiger charge is 2.20. The lowest BCUT2D eigenvalue weighted by atomic mass is 9.85. The van der Waals surface area contributed by atoms with Gasteiger partial charge in [-0.2, -0.15) is 0 Å². The molecule has 20 heavy (non-hydrogen) atoms. The third kappa shape index (κ3) is 4.89. The Kier molecular flexibility index (Phi) is 5.19. The summed E-state index contributed by atoms with van der Waals surface area (Å²) >= 11 is 7.46.